The average molecular weight is 616 g/mol. The Hall–Kier alpha value is -3.03. The van der Waals surface area contributed by atoms with E-state index in [1.54, 1.807) is 44.2 Å². The topological polar surface area (TPSA) is 181 Å². The first-order valence-electron chi connectivity index (χ1n) is 12.8. The summed E-state index contributed by atoms with van der Waals surface area (Å²) in [5.74, 6) is -1.49. The maximum absolute atomic E-state index is 14.5. The molecule has 0 aliphatic carbocycles. The minimum absolute atomic E-state index is 0.0493. The van der Waals surface area contributed by atoms with Gasteiger partial charge in [-0.15, -0.1) is 11.6 Å². The fourth-order valence-corrected chi connectivity index (χ4v) is 6.87. The van der Waals surface area contributed by atoms with Gasteiger partial charge in [0.05, 0.1) is 30.6 Å². The molecule has 4 rings (SSSR count). The van der Waals surface area contributed by atoms with Crippen molar-refractivity contribution in [3.05, 3.63) is 47.0 Å². The standard InChI is InChI=1S/C25H32ClFN5O8P/c1-13(2)37-22(35)14(3)10-41(36,40-16-8-6-5-7-9-16)39-15(4)18-19(33)25(26,11-27)23(38-18)32-12-29-17-20(32)30-24(28)31-21(17)34/h5-9,12-15,18-19,23,33H,10-11H2,1-4H3,(H3,28,30,31,34)/t14-,15+,18-,19+,23-,25?,41-/m1/s1. The second-order valence-corrected chi connectivity index (χ2v) is 12.8. The van der Waals surface area contributed by atoms with E-state index in [4.69, 9.17) is 35.9 Å². The van der Waals surface area contributed by atoms with Crippen molar-refractivity contribution >= 4 is 42.3 Å². The van der Waals surface area contributed by atoms with Crippen molar-refractivity contribution in [2.24, 2.45) is 5.92 Å². The molecule has 13 nitrogen and oxygen atoms in total. The summed E-state index contributed by atoms with van der Waals surface area (Å²) in [5, 5.41) is 11.2. The number of halogens is 2. The predicted octanol–water partition coefficient (Wildman–Crippen LogP) is 3.17. The summed E-state index contributed by atoms with van der Waals surface area (Å²) in [4.78, 5) is 33.0. The molecule has 0 bridgehead atoms. The number of aromatic amines is 1. The molecule has 1 unspecified atom stereocenters. The summed E-state index contributed by atoms with van der Waals surface area (Å²) >= 11 is 6.60. The number of aliphatic hydroxyl groups excluding tert-OH is 1. The Morgan fingerprint density at radius 2 is 2.00 bits per heavy atom. The van der Waals surface area contributed by atoms with Crippen molar-refractivity contribution in [3.63, 3.8) is 0 Å². The van der Waals surface area contributed by atoms with Crippen LogP contribution in [0.5, 0.6) is 5.75 Å². The van der Waals surface area contributed by atoms with Gasteiger partial charge in [0.2, 0.25) is 5.95 Å². The number of anilines is 1. The van der Waals surface area contributed by atoms with Crippen molar-refractivity contribution in [2.45, 2.75) is 63.2 Å². The van der Waals surface area contributed by atoms with E-state index in [1.807, 2.05) is 0 Å². The molecule has 7 atom stereocenters. The molecule has 1 saturated heterocycles. The Bertz CT molecular complexity index is 1490. The lowest BCUT2D eigenvalue weighted by atomic mass is 9.97. The molecule has 0 radical (unpaired) electrons. The SMILES string of the molecule is CC(C)OC(=O)[C@H](C)C[P@](=O)(Oc1ccccc1)O[C@@H](C)[C@H]1O[C@@H](n2cnc3c(=O)[nH]c(N)nc32)C(Cl)(CF)[C@H]1O. The molecule has 1 aliphatic rings. The molecule has 16 heteroatoms. The molecule has 0 spiro atoms. The van der Waals surface area contributed by atoms with Gasteiger partial charge in [0.25, 0.3) is 5.56 Å². The average Bonchev–Trinajstić information content (AvgIpc) is 3.42. The van der Waals surface area contributed by atoms with Gasteiger partial charge in [0, 0.05) is 0 Å². The van der Waals surface area contributed by atoms with Crippen molar-refractivity contribution in [1.29, 1.82) is 0 Å². The fraction of sp³-hybridized carbons (Fsp3) is 0.520. The van der Waals surface area contributed by atoms with Crippen LogP contribution in [0, 0.1) is 5.92 Å². The number of aromatic nitrogens is 4. The number of alkyl halides is 2. The van der Waals surface area contributed by atoms with Gasteiger partial charge < -0.3 is 24.8 Å². The van der Waals surface area contributed by atoms with Crippen molar-refractivity contribution < 1.29 is 37.4 Å². The summed E-state index contributed by atoms with van der Waals surface area (Å²) < 4.78 is 52.6. The number of nitrogens with two attached hydrogens (primary N) is 1. The molecule has 224 valence electrons. The Balaban J connectivity index is 1.63. The summed E-state index contributed by atoms with van der Waals surface area (Å²) in [7, 11) is -4.13. The maximum Gasteiger partial charge on any atom is 0.380 e. The van der Waals surface area contributed by atoms with Gasteiger partial charge in [-0.3, -0.25) is 23.7 Å². The second kappa shape index (κ2) is 12.1. The Labute approximate surface area is 239 Å². The molecular weight excluding hydrogens is 584 g/mol. The number of esters is 1. The number of hydrogen-bond donors (Lipinski definition) is 3. The first-order chi connectivity index (χ1) is 19.3. The predicted molar refractivity (Wildman–Crippen MR) is 148 cm³/mol. The van der Waals surface area contributed by atoms with Crippen LogP contribution in [0.2, 0.25) is 0 Å². The van der Waals surface area contributed by atoms with Gasteiger partial charge in [-0.1, -0.05) is 25.1 Å². The van der Waals surface area contributed by atoms with E-state index < -0.39 is 67.2 Å². The molecule has 1 aromatic carbocycles. The van der Waals surface area contributed by atoms with Crippen LogP contribution in [0.1, 0.15) is 33.9 Å². The smallest absolute Gasteiger partial charge is 0.380 e. The van der Waals surface area contributed by atoms with Crippen LogP contribution in [-0.4, -0.2) is 72.7 Å². The maximum atomic E-state index is 14.5. The Kier molecular flexibility index (Phi) is 9.10. The van der Waals surface area contributed by atoms with E-state index in [0.29, 0.717) is 0 Å². The largest absolute Gasteiger partial charge is 0.463 e. The molecular formula is C25H32ClFN5O8P. The number of carbonyl (C=O) groups is 1. The highest BCUT2D eigenvalue weighted by Crippen LogP contribution is 2.54. The van der Waals surface area contributed by atoms with Gasteiger partial charge in [-0.2, -0.15) is 4.98 Å². The molecule has 0 amide bonds. The third-order valence-corrected chi connectivity index (χ3v) is 9.09. The van der Waals surface area contributed by atoms with Crippen molar-refractivity contribution in [3.8, 4) is 5.75 Å². The van der Waals surface area contributed by atoms with Crippen LogP contribution in [-0.2, 0) is 23.4 Å². The van der Waals surface area contributed by atoms with Crippen LogP contribution < -0.4 is 15.8 Å². The monoisotopic (exact) mass is 615 g/mol. The number of rotatable bonds is 11. The fourth-order valence-electron chi connectivity index (χ4n) is 4.49. The number of fused-ring (bicyclic) bond motifs is 1. The summed E-state index contributed by atoms with van der Waals surface area (Å²) in [5.41, 5.74) is 4.88. The Morgan fingerprint density at radius 1 is 1.32 bits per heavy atom. The van der Waals surface area contributed by atoms with Gasteiger partial charge in [0.15, 0.2) is 17.4 Å². The van der Waals surface area contributed by atoms with Gasteiger partial charge in [0.1, 0.15) is 29.5 Å². The molecule has 3 aromatic rings. The van der Waals surface area contributed by atoms with E-state index >= 15 is 0 Å². The number of imidazole rings is 1. The number of aliphatic hydroxyl groups is 1. The third kappa shape index (κ3) is 6.41. The number of hydrogen-bond acceptors (Lipinski definition) is 11. The number of nitrogens with one attached hydrogen (secondary N) is 1. The van der Waals surface area contributed by atoms with E-state index in [1.165, 1.54) is 18.4 Å². The summed E-state index contributed by atoms with van der Waals surface area (Å²) in [6.45, 7) is 5.07. The van der Waals surface area contributed by atoms with Crippen LogP contribution in [0.3, 0.4) is 0 Å². The zero-order valence-electron chi connectivity index (χ0n) is 22.8. The van der Waals surface area contributed by atoms with Crippen LogP contribution in [0.15, 0.2) is 41.5 Å². The Morgan fingerprint density at radius 3 is 2.63 bits per heavy atom. The van der Waals surface area contributed by atoms with Gasteiger partial charge in [-0.05, 0) is 32.9 Å². The number of H-pyrrole nitrogens is 1. The normalized spacial score (nSPS) is 25.6. The molecule has 1 aliphatic heterocycles. The van der Waals surface area contributed by atoms with Crippen LogP contribution >= 0.6 is 19.2 Å². The number of ether oxygens (including phenoxy) is 2. The molecule has 4 N–H and O–H groups in total. The molecule has 3 heterocycles. The number of para-hydroxylation sites is 1. The highest BCUT2D eigenvalue weighted by atomic mass is 35.5. The third-order valence-electron chi connectivity index (χ3n) is 6.44. The quantitative estimate of drug-likeness (QED) is 0.164. The minimum Gasteiger partial charge on any atom is -0.463 e. The van der Waals surface area contributed by atoms with E-state index in [0.717, 1.165) is 6.33 Å². The molecule has 1 fully saturated rings. The summed E-state index contributed by atoms with van der Waals surface area (Å²) in [6, 6.07) is 8.19. The summed E-state index contributed by atoms with van der Waals surface area (Å²) in [6.07, 6.45) is -5.25. The molecule has 0 saturated carbocycles. The van der Waals surface area contributed by atoms with E-state index in [9.17, 15) is 23.7 Å². The number of carbonyl (C=O) groups excluding carboxylic acids is 1. The lowest BCUT2D eigenvalue weighted by molar-refractivity contribution is -0.151. The number of benzene rings is 1. The van der Waals surface area contributed by atoms with Crippen molar-refractivity contribution in [1.82, 2.24) is 19.5 Å². The minimum atomic E-state index is -4.13. The van der Waals surface area contributed by atoms with E-state index in [-0.39, 0.29) is 29.0 Å². The van der Waals surface area contributed by atoms with Gasteiger partial charge in [-0.25, -0.2) is 13.9 Å². The number of nitrogen functional groups attached to an aromatic ring is 1. The molecule has 41 heavy (non-hydrogen) atoms. The highest BCUT2D eigenvalue weighted by molar-refractivity contribution is 7.54. The molecule has 2 aromatic heterocycles. The number of nitrogens with zero attached hydrogens (tertiary/aromatic N) is 3. The van der Waals surface area contributed by atoms with Crippen LogP contribution in [0.4, 0.5) is 10.3 Å². The highest BCUT2D eigenvalue weighted by Gasteiger charge is 2.59. The zero-order valence-corrected chi connectivity index (χ0v) is 24.4. The lowest BCUT2D eigenvalue weighted by Crippen LogP contribution is -2.46. The first-order valence-corrected chi connectivity index (χ1v) is 14.9. The van der Waals surface area contributed by atoms with E-state index in [2.05, 4.69) is 15.0 Å². The zero-order chi connectivity index (χ0) is 30.1. The first kappa shape index (κ1) is 30.9. The second-order valence-electron chi connectivity index (χ2n) is 10.1. The van der Waals surface area contributed by atoms with Crippen molar-refractivity contribution in [2.75, 3.05) is 18.6 Å². The lowest BCUT2D eigenvalue weighted by Gasteiger charge is -2.29. The van der Waals surface area contributed by atoms with Gasteiger partial charge >= 0.3 is 13.6 Å². The van der Waals surface area contributed by atoms with Crippen LogP contribution in [0.25, 0.3) is 11.2 Å².